The van der Waals surface area contributed by atoms with Crippen molar-refractivity contribution < 1.29 is 4.74 Å². The fraction of sp³-hybridized carbons (Fsp3) is 0.231. The van der Waals surface area contributed by atoms with Crippen LogP contribution in [-0.4, -0.2) is 7.11 Å². The Morgan fingerprint density at radius 3 is 2.25 bits per heavy atom. The van der Waals surface area contributed by atoms with E-state index < -0.39 is 0 Å². The predicted molar refractivity (Wildman–Crippen MR) is 70.4 cm³/mol. The molecular weight excluding hydrogens is 222 g/mol. The maximum atomic E-state index is 5.93. The van der Waals surface area contributed by atoms with Crippen LogP contribution in [0.15, 0.2) is 36.4 Å². The van der Waals surface area contributed by atoms with Crippen molar-refractivity contribution in [2.75, 3.05) is 7.11 Å². The van der Waals surface area contributed by atoms with Gasteiger partial charge in [0.2, 0.25) is 0 Å². The molecule has 0 bridgehead atoms. The van der Waals surface area contributed by atoms with Crippen LogP contribution in [0.4, 0.5) is 0 Å². The number of halogens is 1. The summed E-state index contributed by atoms with van der Waals surface area (Å²) in [6, 6.07) is 12.2. The van der Waals surface area contributed by atoms with Gasteiger partial charge in [0.05, 0.1) is 7.11 Å². The Labute approximate surface area is 102 Å². The number of rotatable bonds is 2. The molecule has 0 heterocycles. The van der Waals surface area contributed by atoms with Crippen molar-refractivity contribution in [2.24, 2.45) is 5.73 Å². The number of nitrogens with two attached hydrogens (primary N) is 1. The van der Waals surface area contributed by atoms with Crippen LogP contribution in [0.5, 0.6) is 5.75 Å². The summed E-state index contributed by atoms with van der Waals surface area (Å²) in [6.07, 6.45) is 0. The fourth-order valence-electron chi connectivity index (χ4n) is 1.87. The van der Waals surface area contributed by atoms with Crippen LogP contribution >= 0.6 is 12.4 Å². The van der Waals surface area contributed by atoms with Gasteiger partial charge in [-0.3, -0.25) is 0 Å². The van der Waals surface area contributed by atoms with E-state index in [9.17, 15) is 0 Å². The smallest absolute Gasteiger partial charge is 0.126 e. The minimum atomic E-state index is 0. The molecule has 2 aromatic rings. The summed E-state index contributed by atoms with van der Waals surface area (Å²) in [5.41, 5.74) is 7.09. The van der Waals surface area contributed by atoms with E-state index in [0.29, 0.717) is 0 Å². The molecule has 3 heteroatoms. The van der Waals surface area contributed by atoms with Crippen molar-refractivity contribution in [1.82, 2.24) is 0 Å². The summed E-state index contributed by atoms with van der Waals surface area (Å²) >= 11 is 0. The third-order valence-electron chi connectivity index (χ3n) is 2.63. The standard InChI is InChI=1S/C13H15NO.ClH/c1-9(14)10-7-8-13(15-2)12-6-4-3-5-11(10)12;/h3-9H,14H2,1-2H3;1H. The van der Waals surface area contributed by atoms with Crippen molar-refractivity contribution in [3.63, 3.8) is 0 Å². The van der Waals surface area contributed by atoms with Crippen LogP contribution in [-0.2, 0) is 0 Å². The molecule has 0 amide bonds. The molecule has 16 heavy (non-hydrogen) atoms. The van der Waals surface area contributed by atoms with Gasteiger partial charge < -0.3 is 10.5 Å². The van der Waals surface area contributed by atoms with Crippen molar-refractivity contribution >= 4 is 23.2 Å². The lowest BCUT2D eigenvalue weighted by Gasteiger charge is -2.12. The van der Waals surface area contributed by atoms with Crippen LogP contribution in [0, 0.1) is 0 Å². The molecule has 0 aliphatic carbocycles. The Kier molecular flexibility index (Phi) is 4.16. The third-order valence-corrected chi connectivity index (χ3v) is 2.63. The van der Waals surface area contributed by atoms with E-state index in [2.05, 4.69) is 12.1 Å². The first kappa shape index (κ1) is 12.8. The first-order valence-electron chi connectivity index (χ1n) is 5.05. The molecule has 0 aromatic heterocycles. The van der Waals surface area contributed by atoms with Crippen LogP contribution in [0.25, 0.3) is 10.8 Å². The van der Waals surface area contributed by atoms with Crippen LogP contribution in [0.2, 0.25) is 0 Å². The van der Waals surface area contributed by atoms with Gasteiger partial charge in [0.1, 0.15) is 5.75 Å². The molecule has 0 saturated carbocycles. The molecule has 0 spiro atoms. The molecule has 2 aromatic carbocycles. The minimum Gasteiger partial charge on any atom is -0.496 e. The highest BCUT2D eigenvalue weighted by atomic mass is 35.5. The number of hydrogen-bond acceptors (Lipinski definition) is 2. The molecule has 0 aliphatic rings. The first-order valence-corrected chi connectivity index (χ1v) is 5.05. The number of benzene rings is 2. The highest BCUT2D eigenvalue weighted by molar-refractivity contribution is 5.91. The summed E-state index contributed by atoms with van der Waals surface area (Å²) in [4.78, 5) is 0. The average Bonchev–Trinajstić information content (AvgIpc) is 2.27. The summed E-state index contributed by atoms with van der Waals surface area (Å²) in [5, 5.41) is 2.29. The second kappa shape index (κ2) is 5.19. The molecule has 0 fully saturated rings. The van der Waals surface area contributed by atoms with Crippen LogP contribution in [0.1, 0.15) is 18.5 Å². The van der Waals surface area contributed by atoms with Gasteiger partial charge >= 0.3 is 0 Å². The largest absolute Gasteiger partial charge is 0.496 e. The van der Waals surface area contributed by atoms with E-state index in [1.807, 2.05) is 31.2 Å². The van der Waals surface area contributed by atoms with Crippen molar-refractivity contribution in [2.45, 2.75) is 13.0 Å². The Balaban J connectivity index is 0.00000128. The van der Waals surface area contributed by atoms with Gasteiger partial charge in [-0.25, -0.2) is 0 Å². The molecule has 1 atom stereocenters. The lowest BCUT2D eigenvalue weighted by molar-refractivity contribution is 0.419. The third kappa shape index (κ3) is 2.13. The highest BCUT2D eigenvalue weighted by Gasteiger charge is 2.08. The lowest BCUT2D eigenvalue weighted by Crippen LogP contribution is -2.05. The number of ether oxygens (including phenoxy) is 1. The van der Waals surface area contributed by atoms with Crippen molar-refractivity contribution in [3.8, 4) is 5.75 Å². The number of hydrogen-bond donors (Lipinski definition) is 1. The van der Waals surface area contributed by atoms with E-state index in [4.69, 9.17) is 10.5 Å². The maximum absolute atomic E-state index is 5.93. The van der Waals surface area contributed by atoms with Crippen LogP contribution < -0.4 is 10.5 Å². The molecule has 0 aliphatic heterocycles. The highest BCUT2D eigenvalue weighted by Crippen LogP contribution is 2.30. The number of fused-ring (bicyclic) bond motifs is 1. The normalized spacial score (nSPS) is 11.9. The molecule has 0 radical (unpaired) electrons. The summed E-state index contributed by atoms with van der Waals surface area (Å²) in [5.74, 6) is 0.898. The van der Waals surface area contributed by atoms with Crippen molar-refractivity contribution in [1.29, 1.82) is 0 Å². The van der Waals surface area contributed by atoms with E-state index in [0.717, 1.165) is 16.7 Å². The van der Waals surface area contributed by atoms with Gasteiger partial charge in [-0.05, 0) is 23.9 Å². The Hall–Kier alpha value is -1.25. The lowest BCUT2D eigenvalue weighted by atomic mass is 9.99. The van der Waals surface area contributed by atoms with Gasteiger partial charge in [-0.1, -0.05) is 30.3 Å². The van der Waals surface area contributed by atoms with Gasteiger partial charge in [-0.2, -0.15) is 0 Å². The molecule has 2 N–H and O–H groups in total. The Morgan fingerprint density at radius 2 is 1.69 bits per heavy atom. The second-order valence-electron chi connectivity index (χ2n) is 3.69. The summed E-state index contributed by atoms with van der Waals surface area (Å²) in [7, 11) is 1.69. The Morgan fingerprint density at radius 1 is 1.06 bits per heavy atom. The average molecular weight is 238 g/mol. The van der Waals surface area contributed by atoms with Crippen LogP contribution in [0.3, 0.4) is 0 Å². The minimum absolute atomic E-state index is 0. The topological polar surface area (TPSA) is 35.2 Å². The van der Waals surface area contributed by atoms with E-state index in [-0.39, 0.29) is 18.4 Å². The van der Waals surface area contributed by atoms with E-state index >= 15 is 0 Å². The van der Waals surface area contributed by atoms with Gasteiger partial charge in [0.15, 0.2) is 0 Å². The monoisotopic (exact) mass is 237 g/mol. The first-order chi connectivity index (χ1) is 7.24. The SMILES string of the molecule is COc1ccc(C(C)N)c2ccccc12.Cl. The van der Waals surface area contributed by atoms with Gasteiger partial charge in [0.25, 0.3) is 0 Å². The predicted octanol–water partition coefficient (Wildman–Crippen LogP) is 3.29. The quantitative estimate of drug-likeness (QED) is 0.870. The zero-order valence-electron chi connectivity index (χ0n) is 9.44. The van der Waals surface area contributed by atoms with E-state index in [1.54, 1.807) is 7.11 Å². The molecule has 0 saturated heterocycles. The maximum Gasteiger partial charge on any atom is 0.126 e. The van der Waals surface area contributed by atoms with Crippen molar-refractivity contribution in [3.05, 3.63) is 42.0 Å². The molecular formula is C13H16ClNO. The Bertz CT molecular complexity index is 482. The zero-order valence-corrected chi connectivity index (χ0v) is 10.3. The molecule has 2 rings (SSSR count). The molecule has 2 nitrogen and oxygen atoms in total. The number of methoxy groups -OCH3 is 1. The zero-order chi connectivity index (χ0) is 10.8. The second-order valence-corrected chi connectivity index (χ2v) is 3.69. The van der Waals surface area contributed by atoms with Gasteiger partial charge in [0, 0.05) is 11.4 Å². The molecule has 86 valence electrons. The fourth-order valence-corrected chi connectivity index (χ4v) is 1.87. The van der Waals surface area contributed by atoms with Gasteiger partial charge in [-0.15, -0.1) is 12.4 Å². The molecule has 1 unspecified atom stereocenters. The van der Waals surface area contributed by atoms with E-state index in [1.165, 1.54) is 5.39 Å². The summed E-state index contributed by atoms with van der Waals surface area (Å²) in [6.45, 7) is 1.99. The summed E-state index contributed by atoms with van der Waals surface area (Å²) < 4.78 is 5.32.